The number of carbonyl (C=O) groups is 1. The highest BCUT2D eigenvalue weighted by molar-refractivity contribution is 6.01. The van der Waals surface area contributed by atoms with Gasteiger partial charge in [0, 0.05) is 11.3 Å². The van der Waals surface area contributed by atoms with E-state index in [1.54, 1.807) is 6.08 Å². The number of ether oxygens (including phenoxy) is 1. The molecule has 0 saturated heterocycles. The number of fused-ring (bicyclic) bond motifs is 5. The number of hydrogen-bond donors (Lipinski definition) is 1. The van der Waals surface area contributed by atoms with Crippen LogP contribution in [0.25, 0.3) is 0 Å². The van der Waals surface area contributed by atoms with Crippen LogP contribution in [0, 0.1) is 28.6 Å². The summed E-state index contributed by atoms with van der Waals surface area (Å²) in [6.07, 6.45) is 12.5. The maximum Gasteiger partial charge on any atom is 0.178 e. The fraction of sp³-hybridized carbons (Fsp3) is 0.375. The van der Waals surface area contributed by atoms with Gasteiger partial charge in [-0.25, -0.2) is 0 Å². The van der Waals surface area contributed by atoms with E-state index < -0.39 is 11.7 Å². The molecule has 0 amide bonds. The molecule has 4 aliphatic rings. The first-order chi connectivity index (χ1) is 20.9. The van der Waals surface area contributed by atoms with Crippen molar-refractivity contribution in [1.29, 1.82) is 0 Å². The van der Waals surface area contributed by atoms with Crippen LogP contribution in [0.2, 0.25) is 0 Å². The molecule has 0 spiro atoms. The van der Waals surface area contributed by atoms with E-state index in [1.165, 1.54) is 11.1 Å². The van der Waals surface area contributed by atoms with Crippen LogP contribution in [0.4, 0.5) is 0 Å². The Balaban J connectivity index is 1.21. The first kappa shape index (κ1) is 28.3. The molecular formula is C40H42O3. The van der Waals surface area contributed by atoms with Crippen LogP contribution in [0.1, 0.15) is 62.6 Å². The van der Waals surface area contributed by atoms with Crippen molar-refractivity contribution in [3.63, 3.8) is 0 Å². The summed E-state index contributed by atoms with van der Waals surface area (Å²) in [6, 6.07) is 31.7. The molecule has 3 aromatic rings. The van der Waals surface area contributed by atoms with Crippen molar-refractivity contribution in [3.8, 4) is 0 Å². The van der Waals surface area contributed by atoms with Crippen LogP contribution >= 0.6 is 0 Å². The molecule has 0 unspecified atom stereocenters. The van der Waals surface area contributed by atoms with Gasteiger partial charge in [0.25, 0.3) is 0 Å². The molecule has 0 aliphatic heterocycles. The van der Waals surface area contributed by atoms with Crippen molar-refractivity contribution < 1.29 is 14.6 Å². The third-order valence-electron chi connectivity index (χ3n) is 11.5. The molecule has 0 radical (unpaired) electrons. The molecule has 1 N–H and O–H groups in total. The van der Waals surface area contributed by atoms with Gasteiger partial charge in [-0.05, 0) is 78.2 Å². The predicted octanol–water partition coefficient (Wildman–Crippen LogP) is 8.20. The van der Waals surface area contributed by atoms with Crippen LogP contribution in [0.15, 0.2) is 126 Å². The Bertz CT molecular complexity index is 1470. The number of allylic oxidation sites excluding steroid dienone is 5. The molecule has 3 nitrogen and oxygen atoms in total. The Morgan fingerprint density at radius 1 is 0.860 bits per heavy atom. The number of ketones is 1. The fourth-order valence-electron chi connectivity index (χ4n) is 9.54. The van der Waals surface area contributed by atoms with Gasteiger partial charge in [0.05, 0.1) is 12.7 Å². The lowest BCUT2D eigenvalue weighted by Gasteiger charge is -2.58. The zero-order valence-corrected chi connectivity index (χ0v) is 25.3. The average molecular weight is 571 g/mol. The van der Waals surface area contributed by atoms with E-state index in [0.29, 0.717) is 18.4 Å². The summed E-state index contributed by atoms with van der Waals surface area (Å²) in [7, 11) is 0. The first-order valence-corrected chi connectivity index (χ1v) is 16.0. The number of benzene rings is 3. The Hall–Kier alpha value is -3.53. The zero-order valence-electron chi connectivity index (χ0n) is 25.3. The summed E-state index contributed by atoms with van der Waals surface area (Å²) in [6.45, 7) is 5.12. The van der Waals surface area contributed by atoms with E-state index in [-0.39, 0.29) is 22.5 Å². The van der Waals surface area contributed by atoms with Gasteiger partial charge in [-0.2, -0.15) is 0 Å². The van der Waals surface area contributed by atoms with Gasteiger partial charge < -0.3 is 9.84 Å². The van der Waals surface area contributed by atoms with Gasteiger partial charge in [0.1, 0.15) is 5.60 Å². The van der Waals surface area contributed by atoms with Crippen LogP contribution in [-0.2, 0) is 15.1 Å². The summed E-state index contributed by atoms with van der Waals surface area (Å²) >= 11 is 0. The minimum absolute atomic E-state index is 0.0510. The summed E-state index contributed by atoms with van der Waals surface area (Å²) in [5, 5.41) is 11.8. The Morgan fingerprint density at radius 3 is 2.02 bits per heavy atom. The molecule has 6 atom stereocenters. The molecular weight excluding hydrogens is 528 g/mol. The van der Waals surface area contributed by atoms with E-state index in [2.05, 4.69) is 117 Å². The standard InChI is InChI=1S/C40H42O3/c1-38-24-22-33(41)26-32(38)18-20-34-35-21-19-28(39(35,2)27-36(42)37(34)38)23-25-43-40(29-12-6-3-7-13-29,30-14-8-4-9-15-30)31-16-10-5-11-17-31/h3-17,22-24,26,34-37,42H,18-21,25,27H2,1-2H3/b28-23+/t34-,35-,36+,37+,38+,39-/m1/s1. The molecule has 3 heteroatoms. The highest BCUT2D eigenvalue weighted by Crippen LogP contribution is 2.65. The van der Waals surface area contributed by atoms with Crippen molar-refractivity contribution in [1.82, 2.24) is 0 Å². The second kappa shape index (κ2) is 10.9. The molecule has 0 bridgehead atoms. The first-order valence-electron chi connectivity index (χ1n) is 16.0. The van der Waals surface area contributed by atoms with Gasteiger partial charge >= 0.3 is 0 Å². The Kier molecular flexibility index (Phi) is 7.15. The minimum Gasteiger partial charge on any atom is -0.393 e. The topological polar surface area (TPSA) is 46.5 Å². The van der Waals surface area contributed by atoms with E-state index >= 15 is 0 Å². The molecule has 3 saturated carbocycles. The van der Waals surface area contributed by atoms with E-state index in [9.17, 15) is 9.90 Å². The van der Waals surface area contributed by atoms with E-state index in [0.717, 1.165) is 48.8 Å². The van der Waals surface area contributed by atoms with Crippen molar-refractivity contribution in [3.05, 3.63) is 143 Å². The van der Waals surface area contributed by atoms with Gasteiger partial charge in [-0.3, -0.25) is 4.79 Å². The highest BCUT2D eigenvalue weighted by Gasteiger charge is 2.60. The quantitative estimate of drug-likeness (QED) is 0.240. The lowest BCUT2D eigenvalue weighted by molar-refractivity contribution is -0.112. The van der Waals surface area contributed by atoms with Crippen LogP contribution in [0.5, 0.6) is 0 Å². The summed E-state index contributed by atoms with van der Waals surface area (Å²) in [4.78, 5) is 12.2. The smallest absolute Gasteiger partial charge is 0.178 e. The SMILES string of the molecule is C[C@]12C=CC(=O)C=C1CC[C@H]1[C@H]2[C@@H](O)C[C@]2(C)/C(=C/COC(c3ccccc3)(c3ccccc3)c3ccccc3)CC[C@H]12. The van der Waals surface area contributed by atoms with Crippen molar-refractivity contribution in [2.24, 2.45) is 28.6 Å². The summed E-state index contributed by atoms with van der Waals surface area (Å²) < 4.78 is 7.12. The maximum atomic E-state index is 12.2. The molecule has 4 aliphatic carbocycles. The van der Waals surface area contributed by atoms with Gasteiger partial charge in [0.15, 0.2) is 5.78 Å². The van der Waals surface area contributed by atoms with Crippen LogP contribution in [0.3, 0.4) is 0 Å². The maximum absolute atomic E-state index is 12.2. The molecule has 7 rings (SSSR count). The van der Waals surface area contributed by atoms with Gasteiger partial charge in [-0.1, -0.05) is 128 Å². The monoisotopic (exact) mass is 570 g/mol. The molecule has 3 aromatic carbocycles. The number of aliphatic hydroxyl groups excluding tert-OH is 1. The number of hydrogen-bond acceptors (Lipinski definition) is 3. The molecule has 0 aromatic heterocycles. The Morgan fingerprint density at radius 2 is 1.44 bits per heavy atom. The van der Waals surface area contributed by atoms with Gasteiger partial charge in [-0.15, -0.1) is 0 Å². The number of carbonyl (C=O) groups excluding carboxylic acids is 1. The zero-order chi connectivity index (χ0) is 29.7. The number of aliphatic hydroxyl groups is 1. The normalized spacial score (nSPS) is 32.6. The molecule has 3 fully saturated rings. The Labute approximate surface area is 256 Å². The average Bonchev–Trinajstić information content (AvgIpc) is 3.36. The number of rotatable bonds is 6. The third-order valence-corrected chi connectivity index (χ3v) is 11.5. The van der Waals surface area contributed by atoms with Crippen LogP contribution in [-0.4, -0.2) is 23.6 Å². The van der Waals surface area contributed by atoms with E-state index in [4.69, 9.17) is 4.74 Å². The van der Waals surface area contributed by atoms with Crippen LogP contribution < -0.4 is 0 Å². The lowest BCUT2D eigenvalue weighted by atomic mass is 9.47. The highest BCUT2D eigenvalue weighted by atomic mass is 16.5. The second-order valence-electron chi connectivity index (χ2n) is 13.6. The van der Waals surface area contributed by atoms with Crippen molar-refractivity contribution in [2.45, 2.75) is 57.7 Å². The summed E-state index contributed by atoms with van der Waals surface area (Å²) in [5.74, 6) is 1.22. The largest absolute Gasteiger partial charge is 0.393 e. The van der Waals surface area contributed by atoms with Crippen molar-refractivity contribution in [2.75, 3.05) is 6.61 Å². The third kappa shape index (κ3) is 4.51. The fourth-order valence-corrected chi connectivity index (χ4v) is 9.54. The van der Waals surface area contributed by atoms with Crippen molar-refractivity contribution >= 4 is 5.78 Å². The molecule has 43 heavy (non-hydrogen) atoms. The van der Waals surface area contributed by atoms with E-state index in [1.807, 2.05) is 6.08 Å². The van der Waals surface area contributed by atoms with Gasteiger partial charge in [0.2, 0.25) is 0 Å². The molecule has 220 valence electrons. The second-order valence-corrected chi connectivity index (χ2v) is 13.6. The minimum atomic E-state index is -0.748. The lowest BCUT2D eigenvalue weighted by Crippen LogP contribution is -2.55. The predicted molar refractivity (Wildman–Crippen MR) is 171 cm³/mol. The summed E-state index contributed by atoms with van der Waals surface area (Å²) in [5.41, 5.74) is 4.94. The molecule has 0 heterocycles.